The van der Waals surface area contributed by atoms with Crippen LogP contribution < -0.4 is 0 Å². The topological polar surface area (TPSA) is 0 Å². The third-order valence-electron chi connectivity index (χ3n) is 3.19. The quantitative estimate of drug-likeness (QED) is 0.636. The van der Waals surface area contributed by atoms with Crippen LogP contribution >= 0.6 is 20.7 Å². The van der Waals surface area contributed by atoms with E-state index in [0.717, 1.165) is 6.42 Å². The number of aryl methyl sites for hydroxylation is 1. The summed E-state index contributed by atoms with van der Waals surface area (Å²) >= 11 is 0.0435. The molecule has 16 heavy (non-hydrogen) atoms. The van der Waals surface area contributed by atoms with Crippen LogP contribution in [0, 0.1) is 0 Å². The maximum Gasteiger partial charge on any atom is -0.00140 e. The van der Waals surface area contributed by atoms with Gasteiger partial charge < -0.3 is 0 Å². The molecule has 1 aliphatic carbocycles. The fraction of sp³-hybridized carbons (Fsp3) is 0.200. The first-order valence-electron chi connectivity index (χ1n) is 5.60. The lowest BCUT2D eigenvalue weighted by Crippen LogP contribution is -1.91. The predicted molar refractivity (Wildman–Crippen MR) is 78.2 cm³/mol. The van der Waals surface area contributed by atoms with Crippen molar-refractivity contribution in [2.75, 3.05) is 0 Å². The second kappa shape index (κ2) is 4.52. The Balaban J connectivity index is 2.06. The van der Waals surface area contributed by atoms with Gasteiger partial charge in [0.15, 0.2) is 0 Å². The monoisotopic (exact) mass is 320 g/mol. The van der Waals surface area contributed by atoms with Crippen LogP contribution in [0.1, 0.15) is 17.5 Å². The van der Waals surface area contributed by atoms with Gasteiger partial charge in [-0.05, 0) is 72.4 Å². The van der Waals surface area contributed by atoms with Gasteiger partial charge in [-0.3, -0.25) is 0 Å². The average Bonchev–Trinajstić information content (AvgIpc) is 2.61. The Kier molecular flexibility index (Phi) is 2.90. The molecule has 0 N–H and O–H groups in total. The molecule has 1 heteroatoms. The fourth-order valence-electron chi connectivity index (χ4n) is 2.30. The van der Waals surface area contributed by atoms with Gasteiger partial charge in [0.25, 0.3) is 0 Å². The minimum atomic E-state index is 0.0435. The number of hydrogen-bond donors (Lipinski definition) is 0. The minimum absolute atomic E-state index is 0.0435. The zero-order chi connectivity index (χ0) is 10.8. The Morgan fingerprint density at radius 3 is 2.81 bits per heavy atom. The smallest absolute Gasteiger partial charge is 0.00140 e. The molecule has 0 saturated heterocycles. The first kappa shape index (κ1) is 10.2. The van der Waals surface area contributed by atoms with E-state index in [2.05, 4.69) is 44.2 Å². The highest BCUT2D eigenvalue weighted by atomic mass is 127. The van der Waals surface area contributed by atoms with E-state index in [1.54, 1.807) is 0 Å². The molecule has 0 atom stereocenters. The van der Waals surface area contributed by atoms with E-state index in [1.807, 2.05) is 0 Å². The van der Waals surface area contributed by atoms with Crippen LogP contribution in [-0.4, -0.2) is 3.67 Å². The summed E-state index contributed by atoms with van der Waals surface area (Å²) in [5.74, 6) is 0. The zero-order valence-electron chi connectivity index (χ0n) is 9.04. The first-order valence-corrected chi connectivity index (χ1v) is 7.92. The van der Waals surface area contributed by atoms with E-state index in [1.165, 1.54) is 35.1 Å². The molecule has 1 heterocycles. The molecule has 0 fully saturated rings. The van der Waals surface area contributed by atoms with Crippen LogP contribution in [-0.2, 0) is 12.8 Å². The molecule has 1 aliphatic heterocycles. The first-order chi connectivity index (χ1) is 7.93. The van der Waals surface area contributed by atoms with Gasteiger partial charge in [-0.15, -0.1) is 0 Å². The van der Waals surface area contributed by atoms with Crippen LogP contribution in [0.3, 0.4) is 0 Å². The summed E-state index contributed by atoms with van der Waals surface area (Å²) < 4.78 is 5.77. The second-order valence-corrected chi connectivity index (χ2v) is 6.12. The van der Waals surface area contributed by atoms with Crippen LogP contribution in [0.25, 0.3) is 0 Å². The molecule has 80 valence electrons. The van der Waals surface area contributed by atoms with Gasteiger partial charge in [0.2, 0.25) is 0 Å². The van der Waals surface area contributed by atoms with Gasteiger partial charge in [-0.1, -0.05) is 34.0 Å². The highest BCUT2D eigenvalue weighted by Crippen LogP contribution is 2.27. The summed E-state index contributed by atoms with van der Waals surface area (Å²) in [7, 11) is 0. The van der Waals surface area contributed by atoms with Crippen LogP contribution in [0.2, 0.25) is 0 Å². The summed E-state index contributed by atoms with van der Waals surface area (Å²) in [5, 5.41) is 0. The third kappa shape index (κ3) is 1.98. The fourth-order valence-corrected chi connectivity index (χ4v) is 3.67. The minimum Gasteiger partial charge on any atom is -0.0822 e. The van der Waals surface area contributed by atoms with Crippen molar-refractivity contribution in [2.24, 2.45) is 0 Å². The van der Waals surface area contributed by atoms with E-state index in [4.69, 9.17) is 0 Å². The van der Waals surface area contributed by atoms with Crippen molar-refractivity contribution in [3.8, 4) is 0 Å². The van der Waals surface area contributed by atoms with Crippen molar-refractivity contribution < 1.29 is 0 Å². The van der Waals surface area contributed by atoms with Crippen LogP contribution in [0.4, 0.5) is 0 Å². The molecule has 0 aromatic heterocycles. The van der Waals surface area contributed by atoms with Crippen molar-refractivity contribution in [2.45, 2.75) is 19.3 Å². The van der Waals surface area contributed by atoms with Crippen molar-refractivity contribution in [3.05, 3.63) is 62.8 Å². The third-order valence-corrected chi connectivity index (χ3v) is 4.58. The lowest BCUT2D eigenvalue weighted by atomic mass is 10.0. The zero-order valence-corrected chi connectivity index (χ0v) is 11.2. The van der Waals surface area contributed by atoms with E-state index in [-0.39, 0.29) is 20.7 Å². The van der Waals surface area contributed by atoms with E-state index in [0.29, 0.717) is 0 Å². The van der Waals surface area contributed by atoms with E-state index in [9.17, 15) is 0 Å². The molecule has 0 amide bonds. The molecule has 1 aromatic rings. The summed E-state index contributed by atoms with van der Waals surface area (Å²) in [4.78, 5) is 0. The van der Waals surface area contributed by atoms with Crippen molar-refractivity contribution in [1.29, 1.82) is 0 Å². The number of rotatable bonds is 0. The molecular weight excluding hydrogens is 307 g/mol. The Hall–Kier alpha value is -0.920. The second-order valence-electron chi connectivity index (χ2n) is 4.15. The summed E-state index contributed by atoms with van der Waals surface area (Å²) in [5.41, 5.74) is 6.03. The normalized spacial score (nSPS) is 18.2. The molecule has 3 rings (SSSR count). The largest absolute Gasteiger partial charge is 0.0822 e. The molecule has 0 radical (unpaired) electrons. The Bertz CT molecular complexity index is 540. The van der Waals surface area contributed by atoms with Crippen molar-refractivity contribution in [3.63, 3.8) is 0 Å². The van der Waals surface area contributed by atoms with Crippen LogP contribution in [0.5, 0.6) is 0 Å². The van der Waals surface area contributed by atoms with Crippen molar-refractivity contribution >= 4 is 24.4 Å². The number of fused-ring (bicyclic) bond motifs is 1. The highest BCUT2D eigenvalue weighted by Gasteiger charge is 2.12. The van der Waals surface area contributed by atoms with Gasteiger partial charge in [-0.25, -0.2) is 0 Å². The molecular formula is C15H13I. The SMILES string of the molecule is C1=CC2=C(C=CI=1)CCc1ccccc1C2. The average molecular weight is 320 g/mol. The van der Waals surface area contributed by atoms with E-state index >= 15 is 0 Å². The van der Waals surface area contributed by atoms with Gasteiger partial charge >= 0.3 is 0 Å². The number of halogens is 1. The number of hydrogen-bond acceptors (Lipinski definition) is 0. The maximum atomic E-state index is 3.45. The molecule has 0 unspecified atom stereocenters. The van der Waals surface area contributed by atoms with E-state index < -0.39 is 0 Å². The summed E-state index contributed by atoms with van der Waals surface area (Å²) in [6, 6.07) is 8.84. The Morgan fingerprint density at radius 1 is 1.00 bits per heavy atom. The highest BCUT2D eigenvalue weighted by molar-refractivity contribution is 14.2. The Labute approximate surface area is 106 Å². The van der Waals surface area contributed by atoms with Crippen LogP contribution in [0.15, 0.2) is 51.6 Å². The molecule has 0 spiro atoms. The van der Waals surface area contributed by atoms with Gasteiger partial charge in [0, 0.05) is 0 Å². The molecule has 0 saturated carbocycles. The Morgan fingerprint density at radius 2 is 1.88 bits per heavy atom. The van der Waals surface area contributed by atoms with Gasteiger partial charge in [0.05, 0.1) is 0 Å². The molecule has 1 aromatic carbocycles. The number of allylic oxidation sites excluding steroid dienone is 4. The summed E-state index contributed by atoms with van der Waals surface area (Å²) in [6.45, 7) is 0. The lowest BCUT2D eigenvalue weighted by Gasteiger charge is -2.04. The lowest BCUT2D eigenvalue weighted by molar-refractivity contribution is 0.968. The molecule has 0 nitrogen and oxygen atoms in total. The predicted octanol–water partition coefficient (Wildman–Crippen LogP) is 3.93. The van der Waals surface area contributed by atoms with Gasteiger partial charge in [0.1, 0.15) is 0 Å². The molecule has 0 bridgehead atoms. The standard InChI is InChI=1S/C15H13I/c1-2-4-14-11-15-8-10-16-9-7-13(15)6-5-12(14)3-1/h1-4,7-9H,5-6,11H2. The number of benzene rings is 1. The summed E-state index contributed by atoms with van der Waals surface area (Å²) in [6.07, 6.45) is 8.04. The van der Waals surface area contributed by atoms with Gasteiger partial charge in [-0.2, -0.15) is 0 Å². The maximum absolute atomic E-state index is 3.45. The van der Waals surface area contributed by atoms with Crippen molar-refractivity contribution in [1.82, 2.24) is 0 Å². The molecule has 2 aliphatic rings.